The van der Waals surface area contributed by atoms with Gasteiger partial charge in [-0.1, -0.05) is 80.9 Å². The van der Waals surface area contributed by atoms with Crippen molar-refractivity contribution in [3.05, 3.63) is 71.8 Å². The van der Waals surface area contributed by atoms with Crippen LogP contribution in [0.2, 0.25) is 0 Å². The van der Waals surface area contributed by atoms with Crippen LogP contribution in [0.25, 0.3) is 0 Å². The summed E-state index contributed by atoms with van der Waals surface area (Å²) in [6, 6.07) is 15.7. The molecule has 0 fully saturated rings. The second kappa shape index (κ2) is 11.9. The van der Waals surface area contributed by atoms with Crippen molar-refractivity contribution in [3.63, 3.8) is 0 Å². The van der Waals surface area contributed by atoms with Crippen LogP contribution in [0, 0.1) is 5.92 Å². The van der Waals surface area contributed by atoms with Crippen molar-refractivity contribution in [1.82, 2.24) is 10.6 Å². The first-order valence-electron chi connectivity index (χ1n) is 10.5. The summed E-state index contributed by atoms with van der Waals surface area (Å²) in [6.07, 6.45) is 1.12. The molecule has 2 aromatic carbocycles. The lowest BCUT2D eigenvalue weighted by atomic mass is 9.96. The van der Waals surface area contributed by atoms with E-state index in [-0.39, 0.29) is 12.3 Å². The average molecular weight is 426 g/mol. The maximum atomic E-state index is 12.9. The number of hydrogen-bond donors (Lipinski definition) is 4. The summed E-state index contributed by atoms with van der Waals surface area (Å²) >= 11 is 0. The van der Waals surface area contributed by atoms with Crippen LogP contribution in [0.5, 0.6) is 0 Å². The molecule has 7 heteroatoms. The van der Waals surface area contributed by atoms with Crippen LogP contribution in [0.15, 0.2) is 60.7 Å². The van der Waals surface area contributed by atoms with E-state index >= 15 is 0 Å². The largest absolute Gasteiger partial charge is 0.480 e. The first-order chi connectivity index (χ1) is 14.8. The number of rotatable bonds is 11. The fourth-order valence-corrected chi connectivity index (χ4v) is 3.23. The van der Waals surface area contributed by atoms with Crippen LogP contribution < -0.4 is 16.4 Å². The van der Waals surface area contributed by atoms with Crippen LogP contribution in [0.4, 0.5) is 0 Å². The number of carboxylic acid groups (broad SMARTS) is 1. The van der Waals surface area contributed by atoms with Crippen molar-refractivity contribution in [2.45, 2.75) is 51.2 Å². The van der Waals surface area contributed by atoms with Gasteiger partial charge in [-0.05, 0) is 23.5 Å². The minimum Gasteiger partial charge on any atom is -0.480 e. The van der Waals surface area contributed by atoms with Crippen molar-refractivity contribution < 1.29 is 19.5 Å². The van der Waals surface area contributed by atoms with Gasteiger partial charge in [0.1, 0.15) is 12.1 Å². The van der Waals surface area contributed by atoms with E-state index in [1.54, 1.807) is 12.1 Å². The SMILES string of the molecule is CCC(C)C(NC(=O)C(N)Cc1ccccc1)C(=O)NC(Cc1ccccc1)C(=O)O. The summed E-state index contributed by atoms with van der Waals surface area (Å²) in [5.41, 5.74) is 7.77. The molecule has 4 atom stereocenters. The molecule has 5 N–H and O–H groups in total. The summed E-state index contributed by atoms with van der Waals surface area (Å²) in [5.74, 6) is -2.30. The fourth-order valence-electron chi connectivity index (χ4n) is 3.23. The Balaban J connectivity index is 2.06. The van der Waals surface area contributed by atoms with Gasteiger partial charge in [0.15, 0.2) is 0 Å². The van der Waals surface area contributed by atoms with E-state index in [4.69, 9.17) is 5.73 Å². The highest BCUT2D eigenvalue weighted by molar-refractivity contribution is 5.92. The molecule has 0 aliphatic rings. The van der Waals surface area contributed by atoms with Crippen molar-refractivity contribution in [3.8, 4) is 0 Å². The van der Waals surface area contributed by atoms with Crippen molar-refractivity contribution in [1.29, 1.82) is 0 Å². The third-order valence-electron chi connectivity index (χ3n) is 5.33. The Morgan fingerprint density at radius 3 is 1.87 bits per heavy atom. The smallest absolute Gasteiger partial charge is 0.326 e. The molecule has 2 aromatic rings. The Kier molecular flexibility index (Phi) is 9.21. The van der Waals surface area contributed by atoms with Gasteiger partial charge in [0, 0.05) is 6.42 Å². The number of benzene rings is 2. The zero-order valence-corrected chi connectivity index (χ0v) is 18.0. The maximum Gasteiger partial charge on any atom is 0.326 e. The van der Waals surface area contributed by atoms with E-state index < -0.39 is 35.9 Å². The third kappa shape index (κ3) is 7.53. The van der Waals surface area contributed by atoms with Crippen LogP contribution in [-0.2, 0) is 27.2 Å². The van der Waals surface area contributed by atoms with Crippen molar-refractivity contribution in [2.24, 2.45) is 11.7 Å². The second-order valence-corrected chi connectivity index (χ2v) is 7.76. The van der Waals surface area contributed by atoms with E-state index in [2.05, 4.69) is 10.6 Å². The van der Waals surface area contributed by atoms with Gasteiger partial charge in [0.05, 0.1) is 6.04 Å². The first kappa shape index (κ1) is 24.1. The predicted octanol–water partition coefficient (Wildman–Crippen LogP) is 1.90. The summed E-state index contributed by atoms with van der Waals surface area (Å²) in [4.78, 5) is 37.3. The molecule has 4 unspecified atom stereocenters. The van der Waals surface area contributed by atoms with Gasteiger partial charge in [0.25, 0.3) is 0 Å². The Morgan fingerprint density at radius 2 is 1.39 bits per heavy atom. The number of carbonyl (C=O) groups excluding carboxylic acids is 2. The lowest BCUT2D eigenvalue weighted by molar-refractivity contribution is -0.142. The molecule has 166 valence electrons. The molecular formula is C24H31N3O4. The number of carboxylic acids is 1. The van der Waals surface area contributed by atoms with Crippen LogP contribution in [-0.4, -0.2) is 41.0 Å². The third-order valence-corrected chi connectivity index (χ3v) is 5.33. The predicted molar refractivity (Wildman–Crippen MR) is 119 cm³/mol. The van der Waals surface area contributed by atoms with Crippen LogP contribution >= 0.6 is 0 Å². The molecule has 0 spiro atoms. The molecule has 0 saturated heterocycles. The van der Waals surface area contributed by atoms with Gasteiger partial charge < -0.3 is 21.5 Å². The molecule has 7 nitrogen and oxygen atoms in total. The van der Waals surface area contributed by atoms with Gasteiger partial charge in [0.2, 0.25) is 11.8 Å². The van der Waals surface area contributed by atoms with E-state index in [9.17, 15) is 19.5 Å². The Morgan fingerprint density at radius 1 is 0.871 bits per heavy atom. The minimum atomic E-state index is -1.13. The molecule has 0 heterocycles. The molecule has 2 amide bonds. The summed E-state index contributed by atoms with van der Waals surface area (Å²) < 4.78 is 0. The van der Waals surface area contributed by atoms with E-state index in [0.29, 0.717) is 12.8 Å². The standard InChI is InChI=1S/C24H31N3O4/c1-3-16(2)21(27-22(28)19(25)14-17-10-6-4-7-11-17)23(29)26-20(24(30)31)15-18-12-8-5-9-13-18/h4-13,16,19-21H,3,14-15,25H2,1-2H3,(H,26,29)(H,27,28)(H,30,31). The van der Waals surface area contributed by atoms with Gasteiger partial charge in [-0.3, -0.25) is 9.59 Å². The molecule has 0 radical (unpaired) electrons. The molecule has 0 aliphatic carbocycles. The highest BCUT2D eigenvalue weighted by atomic mass is 16.4. The second-order valence-electron chi connectivity index (χ2n) is 7.76. The average Bonchev–Trinajstić information content (AvgIpc) is 2.77. The summed E-state index contributed by atoms with van der Waals surface area (Å²) in [6.45, 7) is 3.74. The highest BCUT2D eigenvalue weighted by Gasteiger charge is 2.31. The Labute approximate surface area is 183 Å². The van der Waals surface area contributed by atoms with Gasteiger partial charge in [-0.2, -0.15) is 0 Å². The number of aliphatic carboxylic acids is 1. The highest BCUT2D eigenvalue weighted by Crippen LogP contribution is 2.11. The zero-order chi connectivity index (χ0) is 22.8. The minimum absolute atomic E-state index is 0.149. The molecule has 0 saturated carbocycles. The lowest BCUT2D eigenvalue weighted by Gasteiger charge is -2.26. The summed E-state index contributed by atoms with van der Waals surface area (Å²) in [7, 11) is 0. The van der Waals surface area contributed by atoms with Crippen LogP contribution in [0.3, 0.4) is 0 Å². The first-order valence-corrected chi connectivity index (χ1v) is 10.5. The maximum absolute atomic E-state index is 12.9. The fraction of sp³-hybridized carbons (Fsp3) is 0.375. The summed E-state index contributed by atoms with van der Waals surface area (Å²) in [5, 5.41) is 14.9. The normalized spacial score (nSPS) is 14.7. The molecular weight excluding hydrogens is 394 g/mol. The van der Waals surface area contributed by atoms with Gasteiger partial charge >= 0.3 is 5.97 Å². The van der Waals surface area contributed by atoms with Crippen molar-refractivity contribution in [2.75, 3.05) is 0 Å². The molecule has 31 heavy (non-hydrogen) atoms. The molecule has 0 aliphatic heterocycles. The van der Waals surface area contributed by atoms with Crippen LogP contribution in [0.1, 0.15) is 31.4 Å². The number of nitrogens with two attached hydrogens (primary N) is 1. The molecule has 0 aromatic heterocycles. The molecule has 0 bridgehead atoms. The Bertz CT molecular complexity index is 858. The Hall–Kier alpha value is -3.19. The van der Waals surface area contributed by atoms with E-state index in [0.717, 1.165) is 11.1 Å². The van der Waals surface area contributed by atoms with Gasteiger partial charge in [-0.25, -0.2) is 4.79 Å². The molecule has 2 rings (SSSR count). The zero-order valence-electron chi connectivity index (χ0n) is 18.0. The number of amides is 2. The van der Waals surface area contributed by atoms with E-state index in [1.165, 1.54) is 0 Å². The number of nitrogens with one attached hydrogen (secondary N) is 2. The quantitative estimate of drug-likeness (QED) is 0.438. The monoisotopic (exact) mass is 425 g/mol. The van der Waals surface area contributed by atoms with Crippen molar-refractivity contribution >= 4 is 17.8 Å². The number of carbonyl (C=O) groups is 3. The number of hydrogen-bond acceptors (Lipinski definition) is 4. The topological polar surface area (TPSA) is 122 Å². The lowest BCUT2D eigenvalue weighted by Crippen LogP contribution is -2.57. The van der Waals surface area contributed by atoms with E-state index in [1.807, 2.05) is 62.4 Å². The van der Waals surface area contributed by atoms with Gasteiger partial charge in [-0.15, -0.1) is 0 Å².